The summed E-state index contributed by atoms with van der Waals surface area (Å²) < 4.78 is 0. The highest BCUT2D eigenvalue weighted by atomic mass is 14.1. The van der Waals surface area contributed by atoms with Crippen LogP contribution in [-0.4, -0.2) is 0 Å². The summed E-state index contributed by atoms with van der Waals surface area (Å²) in [5.41, 5.74) is 0. The van der Waals surface area contributed by atoms with Crippen LogP contribution in [0, 0.1) is 12.8 Å². The first-order chi connectivity index (χ1) is 5.43. The van der Waals surface area contributed by atoms with E-state index in [-0.39, 0.29) is 0 Å². The molecule has 1 radical (unpaired) electrons. The lowest BCUT2D eigenvalue weighted by Gasteiger charge is -2.08. The number of allylic oxidation sites excluding steroid dienone is 2. The van der Waals surface area contributed by atoms with Crippen molar-refractivity contribution in [2.24, 2.45) is 5.92 Å². The fourth-order valence-corrected chi connectivity index (χ4v) is 1.70. The molecule has 0 heteroatoms. The Morgan fingerprint density at radius 2 is 2.27 bits per heavy atom. The van der Waals surface area contributed by atoms with Crippen LogP contribution in [-0.2, 0) is 0 Å². The van der Waals surface area contributed by atoms with Crippen LogP contribution in [0.2, 0.25) is 0 Å². The van der Waals surface area contributed by atoms with Gasteiger partial charge in [0.2, 0.25) is 0 Å². The summed E-state index contributed by atoms with van der Waals surface area (Å²) in [6.07, 6.45) is 14.1. The Labute approximate surface area is 70.7 Å². The SMILES string of the molecule is [CH2]CCCC1C=CCCCC1. The first kappa shape index (κ1) is 8.83. The van der Waals surface area contributed by atoms with E-state index in [0.717, 1.165) is 12.3 Å². The van der Waals surface area contributed by atoms with E-state index >= 15 is 0 Å². The molecule has 1 atom stereocenters. The van der Waals surface area contributed by atoms with E-state index < -0.39 is 0 Å². The molecule has 0 amide bonds. The van der Waals surface area contributed by atoms with Crippen molar-refractivity contribution >= 4 is 0 Å². The van der Waals surface area contributed by atoms with Gasteiger partial charge in [0.25, 0.3) is 0 Å². The zero-order chi connectivity index (χ0) is 7.94. The maximum absolute atomic E-state index is 3.87. The molecule has 0 bridgehead atoms. The quantitative estimate of drug-likeness (QED) is 0.539. The van der Waals surface area contributed by atoms with Gasteiger partial charge in [0.05, 0.1) is 0 Å². The van der Waals surface area contributed by atoms with Gasteiger partial charge in [0, 0.05) is 0 Å². The van der Waals surface area contributed by atoms with E-state index in [1.165, 1.54) is 38.5 Å². The third-order valence-corrected chi connectivity index (χ3v) is 2.43. The third kappa shape index (κ3) is 3.60. The molecule has 0 spiro atoms. The molecular formula is C11H19. The molecule has 1 aliphatic carbocycles. The Kier molecular flexibility index (Phi) is 4.33. The van der Waals surface area contributed by atoms with Crippen molar-refractivity contribution in [3.05, 3.63) is 19.1 Å². The molecule has 1 unspecified atom stereocenters. The molecule has 0 aliphatic heterocycles. The van der Waals surface area contributed by atoms with Crippen molar-refractivity contribution in [3.63, 3.8) is 0 Å². The Morgan fingerprint density at radius 1 is 1.36 bits per heavy atom. The van der Waals surface area contributed by atoms with E-state index in [4.69, 9.17) is 0 Å². The largest absolute Gasteiger partial charge is 0.0883 e. The van der Waals surface area contributed by atoms with E-state index in [2.05, 4.69) is 19.1 Å². The van der Waals surface area contributed by atoms with Crippen LogP contribution in [0.15, 0.2) is 12.2 Å². The van der Waals surface area contributed by atoms with Gasteiger partial charge in [0.15, 0.2) is 0 Å². The monoisotopic (exact) mass is 151 g/mol. The first-order valence-corrected chi connectivity index (χ1v) is 4.89. The van der Waals surface area contributed by atoms with Crippen molar-refractivity contribution in [3.8, 4) is 0 Å². The molecule has 0 saturated heterocycles. The van der Waals surface area contributed by atoms with E-state index in [1.807, 2.05) is 0 Å². The molecule has 0 N–H and O–H groups in total. The van der Waals surface area contributed by atoms with Crippen molar-refractivity contribution < 1.29 is 0 Å². The summed E-state index contributed by atoms with van der Waals surface area (Å²) >= 11 is 0. The fraction of sp³-hybridized carbons (Fsp3) is 0.727. The van der Waals surface area contributed by atoms with Crippen molar-refractivity contribution in [2.75, 3.05) is 0 Å². The Hall–Kier alpha value is -0.260. The molecule has 0 nitrogen and oxygen atoms in total. The van der Waals surface area contributed by atoms with Gasteiger partial charge >= 0.3 is 0 Å². The molecule has 1 rings (SSSR count). The molecule has 0 aromatic carbocycles. The van der Waals surface area contributed by atoms with Crippen LogP contribution < -0.4 is 0 Å². The summed E-state index contributed by atoms with van der Waals surface area (Å²) in [5, 5.41) is 0. The van der Waals surface area contributed by atoms with Crippen molar-refractivity contribution in [2.45, 2.75) is 44.9 Å². The predicted octanol–water partition coefficient (Wildman–Crippen LogP) is 3.74. The average Bonchev–Trinajstić information content (AvgIpc) is 2.28. The van der Waals surface area contributed by atoms with Gasteiger partial charge in [0.1, 0.15) is 0 Å². The predicted molar refractivity (Wildman–Crippen MR) is 50.3 cm³/mol. The second-order valence-electron chi connectivity index (χ2n) is 3.47. The number of hydrogen-bond donors (Lipinski definition) is 0. The molecule has 1 aliphatic rings. The van der Waals surface area contributed by atoms with E-state index in [9.17, 15) is 0 Å². The lowest BCUT2D eigenvalue weighted by molar-refractivity contribution is 0.509. The molecule has 63 valence electrons. The summed E-state index contributed by atoms with van der Waals surface area (Å²) in [5.74, 6) is 0.874. The standard InChI is InChI=1S/C11H19/c1-2-3-8-11-9-6-4-5-7-10-11/h6,9,11H,1-5,7-8,10H2. The number of unbranched alkanes of at least 4 members (excludes halogenated alkanes) is 1. The van der Waals surface area contributed by atoms with Gasteiger partial charge in [-0.2, -0.15) is 0 Å². The van der Waals surface area contributed by atoms with E-state index in [1.54, 1.807) is 0 Å². The maximum Gasteiger partial charge on any atom is -0.0234 e. The van der Waals surface area contributed by atoms with Crippen LogP contribution in [0.3, 0.4) is 0 Å². The van der Waals surface area contributed by atoms with Crippen molar-refractivity contribution in [1.29, 1.82) is 0 Å². The second kappa shape index (κ2) is 5.40. The lowest BCUT2D eigenvalue weighted by Crippen LogP contribution is -1.94. The highest BCUT2D eigenvalue weighted by molar-refractivity contribution is 4.90. The minimum atomic E-state index is 0.874. The highest BCUT2D eigenvalue weighted by Crippen LogP contribution is 2.21. The normalized spacial score (nSPS) is 25.0. The van der Waals surface area contributed by atoms with Crippen molar-refractivity contribution in [1.82, 2.24) is 0 Å². The minimum absolute atomic E-state index is 0.874. The van der Waals surface area contributed by atoms with Gasteiger partial charge < -0.3 is 0 Å². The summed E-state index contributed by atoms with van der Waals surface area (Å²) in [6.45, 7) is 3.87. The third-order valence-electron chi connectivity index (χ3n) is 2.43. The number of rotatable bonds is 3. The Morgan fingerprint density at radius 3 is 3.09 bits per heavy atom. The highest BCUT2D eigenvalue weighted by Gasteiger charge is 2.05. The van der Waals surface area contributed by atoms with Crippen LogP contribution >= 0.6 is 0 Å². The molecule has 0 aromatic rings. The summed E-state index contributed by atoms with van der Waals surface area (Å²) in [6, 6.07) is 0. The molecule has 11 heavy (non-hydrogen) atoms. The van der Waals surface area contributed by atoms with Crippen LogP contribution in [0.1, 0.15) is 44.9 Å². The fourth-order valence-electron chi connectivity index (χ4n) is 1.70. The van der Waals surface area contributed by atoms with E-state index in [0.29, 0.717) is 0 Å². The molecule has 0 saturated carbocycles. The van der Waals surface area contributed by atoms with Crippen LogP contribution in [0.25, 0.3) is 0 Å². The first-order valence-electron chi connectivity index (χ1n) is 4.89. The number of hydrogen-bond acceptors (Lipinski definition) is 0. The zero-order valence-electron chi connectivity index (χ0n) is 7.39. The Balaban J connectivity index is 2.19. The maximum atomic E-state index is 3.87. The molecule has 0 aromatic heterocycles. The topological polar surface area (TPSA) is 0 Å². The van der Waals surface area contributed by atoms with Gasteiger partial charge in [-0.15, -0.1) is 0 Å². The van der Waals surface area contributed by atoms with Crippen LogP contribution in [0.4, 0.5) is 0 Å². The lowest BCUT2D eigenvalue weighted by atomic mass is 9.97. The van der Waals surface area contributed by atoms with Gasteiger partial charge in [-0.3, -0.25) is 0 Å². The summed E-state index contributed by atoms with van der Waals surface area (Å²) in [7, 11) is 0. The molecule has 0 fully saturated rings. The average molecular weight is 151 g/mol. The molecular weight excluding hydrogens is 132 g/mol. The van der Waals surface area contributed by atoms with Gasteiger partial charge in [-0.05, 0) is 31.6 Å². The van der Waals surface area contributed by atoms with Gasteiger partial charge in [-0.25, -0.2) is 0 Å². The Bertz CT molecular complexity index is 113. The second-order valence-corrected chi connectivity index (χ2v) is 3.47. The van der Waals surface area contributed by atoms with Gasteiger partial charge in [-0.1, -0.05) is 38.3 Å². The summed E-state index contributed by atoms with van der Waals surface area (Å²) in [4.78, 5) is 0. The minimum Gasteiger partial charge on any atom is -0.0883 e. The molecule has 0 heterocycles. The smallest absolute Gasteiger partial charge is 0.0234 e. The van der Waals surface area contributed by atoms with Crippen LogP contribution in [0.5, 0.6) is 0 Å². The zero-order valence-corrected chi connectivity index (χ0v) is 7.39.